The average Bonchev–Trinajstić information content (AvgIpc) is 3.25. The lowest BCUT2D eigenvalue weighted by molar-refractivity contribution is -0.146. The molecule has 15 heteroatoms. The normalized spacial score (nSPS) is 18.0. The number of aliphatic imine (C=N–C) groups is 1. The summed E-state index contributed by atoms with van der Waals surface area (Å²) in [4.78, 5) is 34.0. The standard InChI is InChI=1S/C23H23ClF5N5O4/c1-10(2)38-21(36)16-13(6-7-34-22(30)31-9-32-34)33-14(8-25)17(20(35)37-3)18(16)15-12(26)5-4-11(24)19(15)23(27,28)29/h4-5,9-10,17-18H,6-8H2,1-3H3,(H2,30,31,32). The molecule has 2 heterocycles. The van der Waals surface area contributed by atoms with Crippen molar-refractivity contribution < 1.29 is 41.0 Å². The number of nitrogens with zero attached hydrogens (tertiary/aromatic N) is 4. The number of methoxy groups -OCH3 is 1. The fourth-order valence-electron chi connectivity index (χ4n) is 4.19. The summed E-state index contributed by atoms with van der Waals surface area (Å²) in [6.07, 6.45) is -5.09. The van der Waals surface area contributed by atoms with Gasteiger partial charge in [0.05, 0.1) is 47.3 Å². The summed E-state index contributed by atoms with van der Waals surface area (Å²) in [7, 11) is 0.910. The summed E-state index contributed by atoms with van der Waals surface area (Å²) in [5.74, 6) is -7.87. The first-order valence-corrected chi connectivity index (χ1v) is 11.5. The van der Waals surface area contributed by atoms with Gasteiger partial charge in [0.15, 0.2) is 0 Å². The van der Waals surface area contributed by atoms with Crippen molar-refractivity contribution in [1.29, 1.82) is 0 Å². The van der Waals surface area contributed by atoms with Crippen molar-refractivity contribution in [3.8, 4) is 0 Å². The highest BCUT2D eigenvalue weighted by Gasteiger charge is 2.49. The van der Waals surface area contributed by atoms with Gasteiger partial charge < -0.3 is 15.2 Å². The number of benzene rings is 1. The molecule has 0 fully saturated rings. The Balaban J connectivity index is 2.39. The summed E-state index contributed by atoms with van der Waals surface area (Å²) in [5, 5.41) is 2.99. The van der Waals surface area contributed by atoms with Crippen LogP contribution < -0.4 is 5.73 Å². The van der Waals surface area contributed by atoms with E-state index in [4.69, 9.17) is 26.8 Å². The molecular formula is C23H23ClF5N5O4. The first-order chi connectivity index (χ1) is 17.8. The Morgan fingerprint density at radius 3 is 2.47 bits per heavy atom. The largest absolute Gasteiger partial charge is 0.468 e. The van der Waals surface area contributed by atoms with Crippen LogP contribution in [0.3, 0.4) is 0 Å². The second kappa shape index (κ2) is 11.5. The molecule has 0 aliphatic carbocycles. The number of carbonyl (C=O) groups excluding carboxylic acids is 2. The Labute approximate surface area is 218 Å². The van der Waals surface area contributed by atoms with Crippen molar-refractivity contribution in [2.75, 3.05) is 19.5 Å². The number of aromatic nitrogens is 3. The van der Waals surface area contributed by atoms with Crippen molar-refractivity contribution in [3.63, 3.8) is 0 Å². The van der Waals surface area contributed by atoms with Gasteiger partial charge in [-0.15, -0.1) is 0 Å². The Morgan fingerprint density at radius 1 is 1.26 bits per heavy atom. The van der Waals surface area contributed by atoms with E-state index in [-0.39, 0.29) is 24.6 Å². The maximum atomic E-state index is 15.3. The van der Waals surface area contributed by atoms with Gasteiger partial charge in [-0.3, -0.25) is 9.79 Å². The fourth-order valence-corrected chi connectivity index (χ4v) is 4.47. The van der Waals surface area contributed by atoms with Crippen LogP contribution in [0.4, 0.5) is 27.9 Å². The molecule has 206 valence electrons. The molecule has 1 aliphatic heterocycles. The van der Waals surface area contributed by atoms with Crippen molar-refractivity contribution >= 4 is 35.2 Å². The Morgan fingerprint density at radius 2 is 1.95 bits per heavy atom. The van der Waals surface area contributed by atoms with Crippen LogP contribution in [-0.2, 0) is 31.8 Å². The topological polar surface area (TPSA) is 122 Å². The lowest BCUT2D eigenvalue weighted by Gasteiger charge is -2.34. The molecule has 0 amide bonds. The van der Waals surface area contributed by atoms with Crippen LogP contribution in [0.1, 0.15) is 37.3 Å². The van der Waals surface area contributed by atoms with Crippen LogP contribution in [0.5, 0.6) is 0 Å². The minimum absolute atomic E-state index is 0.0216. The fraction of sp³-hybridized carbons (Fsp3) is 0.435. The van der Waals surface area contributed by atoms with Gasteiger partial charge in [-0.1, -0.05) is 11.6 Å². The van der Waals surface area contributed by atoms with E-state index in [9.17, 15) is 27.2 Å². The number of nitrogen functional groups attached to an aromatic ring is 1. The maximum absolute atomic E-state index is 15.3. The molecule has 1 aliphatic rings. The zero-order chi connectivity index (χ0) is 28.4. The minimum Gasteiger partial charge on any atom is -0.468 e. The van der Waals surface area contributed by atoms with E-state index in [0.29, 0.717) is 12.1 Å². The maximum Gasteiger partial charge on any atom is 0.418 e. The van der Waals surface area contributed by atoms with Gasteiger partial charge in [-0.2, -0.15) is 18.3 Å². The number of anilines is 1. The first kappa shape index (κ1) is 29.0. The molecule has 2 N–H and O–H groups in total. The lowest BCUT2D eigenvalue weighted by atomic mass is 9.73. The Bertz CT molecular complexity index is 1290. The molecule has 3 rings (SSSR count). The number of esters is 2. The van der Waals surface area contributed by atoms with E-state index in [2.05, 4.69) is 15.1 Å². The third kappa shape index (κ3) is 5.79. The lowest BCUT2D eigenvalue weighted by Crippen LogP contribution is -2.40. The Hall–Kier alpha value is -3.55. The Kier molecular flexibility index (Phi) is 8.75. The highest BCUT2D eigenvalue weighted by molar-refractivity contribution is 6.31. The number of carbonyl (C=O) groups is 2. The highest BCUT2D eigenvalue weighted by Crippen LogP contribution is 2.48. The molecular weight excluding hydrogens is 541 g/mol. The van der Waals surface area contributed by atoms with Crippen LogP contribution in [0.25, 0.3) is 0 Å². The molecule has 1 aromatic heterocycles. The van der Waals surface area contributed by atoms with Gasteiger partial charge >= 0.3 is 18.1 Å². The summed E-state index contributed by atoms with van der Waals surface area (Å²) in [6.45, 7) is 1.44. The molecule has 9 nitrogen and oxygen atoms in total. The van der Waals surface area contributed by atoms with Crippen LogP contribution in [0.15, 0.2) is 34.7 Å². The van der Waals surface area contributed by atoms with E-state index >= 15 is 4.39 Å². The second-order valence-electron chi connectivity index (χ2n) is 8.44. The van der Waals surface area contributed by atoms with E-state index < -0.39 is 76.0 Å². The van der Waals surface area contributed by atoms with E-state index in [1.165, 1.54) is 18.5 Å². The van der Waals surface area contributed by atoms with Crippen LogP contribution in [0.2, 0.25) is 5.02 Å². The minimum atomic E-state index is -5.22. The number of aryl methyl sites for hydroxylation is 1. The summed E-state index contributed by atoms with van der Waals surface area (Å²) >= 11 is 5.86. The summed E-state index contributed by atoms with van der Waals surface area (Å²) in [6, 6.07) is 1.34. The molecule has 0 bridgehead atoms. The van der Waals surface area contributed by atoms with Crippen LogP contribution >= 0.6 is 11.6 Å². The summed E-state index contributed by atoms with van der Waals surface area (Å²) in [5.41, 5.74) is 1.52. The van der Waals surface area contributed by atoms with Crippen LogP contribution in [0, 0.1) is 11.7 Å². The number of allylic oxidation sites excluding steroid dienone is 1. The zero-order valence-electron chi connectivity index (χ0n) is 20.4. The third-order valence-electron chi connectivity index (χ3n) is 5.69. The smallest absolute Gasteiger partial charge is 0.418 e. The summed E-state index contributed by atoms with van der Waals surface area (Å²) < 4.78 is 83.4. The molecule has 38 heavy (non-hydrogen) atoms. The van der Waals surface area contributed by atoms with Crippen molar-refractivity contribution in [2.24, 2.45) is 10.9 Å². The van der Waals surface area contributed by atoms with Crippen molar-refractivity contribution in [2.45, 2.75) is 45.0 Å². The monoisotopic (exact) mass is 563 g/mol. The van der Waals surface area contributed by atoms with E-state index in [1.807, 2.05) is 0 Å². The number of rotatable bonds is 8. The van der Waals surface area contributed by atoms with Crippen molar-refractivity contribution in [1.82, 2.24) is 14.8 Å². The molecule has 2 atom stereocenters. The molecule has 2 unspecified atom stereocenters. The van der Waals surface area contributed by atoms with Gasteiger partial charge in [0.2, 0.25) is 5.95 Å². The molecule has 1 aromatic carbocycles. The second-order valence-corrected chi connectivity index (χ2v) is 8.84. The molecule has 0 radical (unpaired) electrons. The zero-order valence-corrected chi connectivity index (χ0v) is 21.1. The van der Waals surface area contributed by atoms with Gasteiger partial charge in [-0.25, -0.2) is 23.2 Å². The average molecular weight is 564 g/mol. The number of nitrogens with two attached hydrogens (primary N) is 1. The first-order valence-electron chi connectivity index (χ1n) is 11.1. The molecule has 0 spiro atoms. The predicted octanol–water partition coefficient (Wildman–Crippen LogP) is 4.26. The number of ether oxygens (including phenoxy) is 2. The SMILES string of the molecule is COC(=O)C1C(CF)=NC(CCn2ncnc2N)=C(C(=O)OC(C)C)C1c1c(F)ccc(Cl)c1C(F)(F)F. The number of alkyl halides is 4. The number of halogens is 6. The van der Waals surface area contributed by atoms with E-state index in [1.54, 1.807) is 0 Å². The van der Waals surface area contributed by atoms with E-state index in [0.717, 1.165) is 13.4 Å². The molecule has 2 aromatic rings. The van der Waals surface area contributed by atoms with Gasteiger partial charge in [-0.05, 0) is 26.0 Å². The highest BCUT2D eigenvalue weighted by atomic mass is 35.5. The van der Waals surface area contributed by atoms with Gasteiger partial charge in [0.1, 0.15) is 24.7 Å². The molecule has 0 saturated heterocycles. The van der Waals surface area contributed by atoms with Crippen molar-refractivity contribution in [3.05, 3.63) is 51.7 Å². The third-order valence-corrected chi connectivity index (χ3v) is 6.00. The number of hydrogen-bond donors (Lipinski definition) is 1. The van der Waals surface area contributed by atoms with Crippen LogP contribution in [-0.4, -0.2) is 52.3 Å². The number of hydrogen-bond acceptors (Lipinski definition) is 8. The molecule has 0 saturated carbocycles. The quantitative estimate of drug-likeness (QED) is 0.376. The predicted molar refractivity (Wildman–Crippen MR) is 125 cm³/mol. The van der Waals surface area contributed by atoms with Gasteiger partial charge in [0.25, 0.3) is 0 Å². The van der Waals surface area contributed by atoms with Gasteiger partial charge in [0, 0.05) is 17.9 Å².